The molecule has 2 aromatic rings. The highest BCUT2D eigenvalue weighted by Gasteiger charge is 2.07. The molecule has 5 nitrogen and oxygen atoms in total. The van der Waals surface area contributed by atoms with Crippen LogP contribution < -0.4 is 11.1 Å². The lowest BCUT2D eigenvalue weighted by atomic mass is 10.1. The molecule has 0 radical (unpaired) electrons. The fourth-order valence-corrected chi connectivity index (χ4v) is 1.63. The summed E-state index contributed by atoms with van der Waals surface area (Å²) in [5.41, 5.74) is 6.55. The van der Waals surface area contributed by atoms with Crippen molar-refractivity contribution in [3.63, 3.8) is 0 Å². The number of rotatable bonds is 4. The fourth-order valence-electron chi connectivity index (χ4n) is 1.63. The number of amides is 2. The van der Waals surface area contributed by atoms with Gasteiger partial charge in [-0.1, -0.05) is 12.1 Å². The Morgan fingerprint density at radius 3 is 2.65 bits per heavy atom. The van der Waals surface area contributed by atoms with Gasteiger partial charge in [0.1, 0.15) is 0 Å². The molecule has 2 amide bonds. The number of primary amides is 1. The summed E-state index contributed by atoms with van der Waals surface area (Å²) in [5.74, 6) is -1.54. The van der Waals surface area contributed by atoms with Gasteiger partial charge < -0.3 is 11.1 Å². The van der Waals surface area contributed by atoms with E-state index in [0.717, 1.165) is 17.8 Å². The molecule has 0 bridgehead atoms. The smallest absolute Gasteiger partial charge is 0.253 e. The van der Waals surface area contributed by atoms with Crippen LogP contribution in [0.1, 0.15) is 26.3 Å². The van der Waals surface area contributed by atoms with Crippen molar-refractivity contribution in [1.29, 1.82) is 0 Å². The van der Waals surface area contributed by atoms with Crippen molar-refractivity contribution in [3.8, 4) is 0 Å². The van der Waals surface area contributed by atoms with Crippen molar-refractivity contribution in [2.75, 3.05) is 0 Å². The van der Waals surface area contributed by atoms with Crippen LogP contribution in [0.15, 0.2) is 42.6 Å². The van der Waals surface area contributed by atoms with E-state index in [1.807, 2.05) is 0 Å². The quantitative estimate of drug-likeness (QED) is 0.822. The Morgan fingerprint density at radius 2 is 2.00 bits per heavy atom. The number of hydrogen-bond acceptors (Lipinski definition) is 3. The Bertz CT molecular complexity index is 641. The third-order valence-corrected chi connectivity index (χ3v) is 2.65. The van der Waals surface area contributed by atoms with Gasteiger partial charge in [-0.15, -0.1) is 0 Å². The summed E-state index contributed by atoms with van der Waals surface area (Å²) < 4.78 is 12.6. The van der Waals surface area contributed by atoms with Crippen LogP contribution >= 0.6 is 0 Å². The summed E-state index contributed by atoms with van der Waals surface area (Å²) >= 11 is 0. The molecule has 0 unspecified atom stereocenters. The molecule has 0 fully saturated rings. The van der Waals surface area contributed by atoms with Gasteiger partial charge in [0.15, 0.2) is 0 Å². The molecule has 0 spiro atoms. The van der Waals surface area contributed by atoms with Gasteiger partial charge in [-0.2, -0.15) is 4.39 Å². The summed E-state index contributed by atoms with van der Waals surface area (Å²) in [4.78, 5) is 26.2. The minimum atomic E-state index is -0.643. The maximum atomic E-state index is 12.6. The summed E-state index contributed by atoms with van der Waals surface area (Å²) in [6.07, 6.45) is 1.16. The molecular weight excluding hydrogens is 261 g/mol. The first-order chi connectivity index (χ1) is 9.56. The summed E-state index contributed by atoms with van der Waals surface area (Å²) in [6.45, 7) is 0.233. The van der Waals surface area contributed by atoms with Crippen LogP contribution in [0.4, 0.5) is 4.39 Å². The van der Waals surface area contributed by atoms with Gasteiger partial charge in [-0.05, 0) is 29.8 Å². The maximum absolute atomic E-state index is 12.6. The first kappa shape index (κ1) is 13.7. The van der Waals surface area contributed by atoms with Crippen molar-refractivity contribution in [3.05, 3.63) is 65.2 Å². The molecule has 20 heavy (non-hydrogen) atoms. The molecule has 0 aliphatic rings. The molecule has 2 rings (SSSR count). The Kier molecular flexibility index (Phi) is 4.05. The third-order valence-electron chi connectivity index (χ3n) is 2.65. The number of aromatic nitrogens is 1. The minimum Gasteiger partial charge on any atom is -0.366 e. The molecule has 3 N–H and O–H groups in total. The van der Waals surface area contributed by atoms with Crippen molar-refractivity contribution < 1.29 is 14.0 Å². The van der Waals surface area contributed by atoms with Gasteiger partial charge in [0.05, 0.1) is 5.56 Å². The van der Waals surface area contributed by atoms with Crippen molar-refractivity contribution in [2.45, 2.75) is 6.54 Å². The maximum Gasteiger partial charge on any atom is 0.253 e. The van der Waals surface area contributed by atoms with E-state index in [9.17, 15) is 14.0 Å². The zero-order valence-electron chi connectivity index (χ0n) is 10.5. The molecule has 1 heterocycles. The van der Waals surface area contributed by atoms with E-state index in [4.69, 9.17) is 5.73 Å². The van der Waals surface area contributed by atoms with E-state index >= 15 is 0 Å². The molecular formula is C14H12FN3O2. The van der Waals surface area contributed by atoms with Gasteiger partial charge in [0, 0.05) is 18.3 Å². The molecule has 0 aliphatic carbocycles. The van der Waals surface area contributed by atoms with Crippen LogP contribution in [-0.4, -0.2) is 16.8 Å². The van der Waals surface area contributed by atoms with E-state index in [2.05, 4.69) is 10.3 Å². The van der Waals surface area contributed by atoms with Crippen LogP contribution in [0.5, 0.6) is 0 Å². The predicted molar refractivity (Wildman–Crippen MR) is 70.3 cm³/mol. The van der Waals surface area contributed by atoms with E-state index < -0.39 is 11.9 Å². The zero-order valence-corrected chi connectivity index (χ0v) is 10.5. The monoisotopic (exact) mass is 273 g/mol. The average Bonchev–Trinajstić information content (AvgIpc) is 2.46. The molecule has 0 aliphatic heterocycles. The normalized spacial score (nSPS) is 10.1. The van der Waals surface area contributed by atoms with Gasteiger partial charge in [-0.3, -0.25) is 9.59 Å². The predicted octanol–water partition coefficient (Wildman–Crippen LogP) is 1.25. The first-order valence-electron chi connectivity index (χ1n) is 5.85. The number of carbonyl (C=O) groups is 2. The lowest BCUT2D eigenvalue weighted by Crippen LogP contribution is -2.23. The van der Waals surface area contributed by atoms with Gasteiger partial charge in [-0.25, -0.2) is 4.98 Å². The molecule has 1 aromatic carbocycles. The number of pyridine rings is 1. The van der Waals surface area contributed by atoms with E-state index in [0.29, 0.717) is 5.56 Å². The molecule has 0 saturated carbocycles. The Balaban J connectivity index is 2.01. The number of nitrogens with two attached hydrogens (primary N) is 1. The highest BCUT2D eigenvalue weighted by molar-refractivity contribution is 5.94. The van der Waals surface area contributed by atoms with E-state index in [1.54, 1.807) is 24.3 Å². The lowest BCUT2D eigenvalue weighted by molar-refractivity contribution is 0.0949. The second-order valence-electron chi connectivity index (χ2n) is 4.12. The number of hydrogen-bond donors (Lipinski definition) is 2. The van der Waals surface area contributed by atoms with Crippen LogP contribution in [-0.2, 0) is 6.54 Å². The van der Waals surface area contributed by atoms with Crippen molar-refractivity contribution in [1.82, 2.24) is 10.3 Å². The third kappa shape index (κ3) is 3.38. The van der Waals surface area contributed by atoms with E-state index in [1.165, 1.54) is 6.07 Å². The van der Waals surface area contributed by atoms with Crippen LogP contribution in [0.2, 0.25) is 0 Å². The first-order valence-corrected chi connectivity index (χ1v) is 5.85. The molecule has 1 aromatic heterocycles. The van der Waals surface area contributed by atoms with E-state index in [-0.39, 0.29) is 18.0 Å². The van der Waals surface area contributed by atoms with Crippen molar-refractivity contribution in [2.24, 2.45) is 5.73 Å². The van der Waals surface area contributed by atoms with Gasteiger partial charge >= 0.3 is 0 Å². The Hall–Kier alpha value is -2.76. The standard InChI is InChI=1S/C14H12FN3O2/c15-12-5-4-11(8-17-12)14(20)18-7-9-2-1-3-10(6-9)13(16)19/h1-6,8H,7H2,(H2,16,19)(H,18,20). The number of benzene rings is 1. The van der Waals surface area contributed by atoms with Gasteiger partial charge in [0.2, 0.25) is 11.9 Å². The molecule has 0 atom stereocenters. The highest BCUT2D eigenvalue weighted by atomic mass is 19.1. The molecule has 0 saturated heterocycles. The Labute approximate surface area is 114 Å². The Morgan fingerprint density at radius 1 is 1.20 bits per heavy atom. The zero-order chi connectivity index (χ0) is 14.5. The van der Waals surface area contributed by atoms with Gasteiger partial charge in [0.25, 0.3) is 5.91 Å². The number of nitrogens with one attached hydrogen (secondary N) is 1. The average molecular weight is 273 g/mol. The molecule has 102 valence electrons. The number of halogens is 1. The highest BCUT2D eigenvalue weighted by Crippen LogP contribution is 2.05. The minimum absolute atomic E-state index is 0.233. The van der Waals surface area contributed by atoms with Crippen LogP contribution in [0, 0.1) is 5.95 Å². The van der Waals surface area contributed by atoms with Crippen LogP contribution in [0.3, 0.4) is 0 Å². The second kappa shape index (κ2) is 5.92. The summed E-state index contributed by atoms with van der Waals surface area (Å²) in [5, 5.41) is 2.65. The number of carbonyl (C=O) groups excluding carboxylic acids is 2. The summed E-state index contributed by atoms with van der Waals surface area (Å²) in [6, 6.07) is 9.10. The second-order valence-corrected chi connectivity index (χ2v) is 4.12. The largest absolute Gasteiger partial charge is 0.366 e. The van der Waals surface area contributed by atoms with Crippen LogP contribution in [0.25, 0.3) is 0 Å². The van der Waals surface area contributed by atoms with Crippen molar-refractivity contribution >= 4 is 11.8 Å². The fraction of sp³-hybridized carbons (Fsp3) is 0.0714. The number of nitrogens with zero attached hydrogens (tertiary/aromatic N) is 1. The topological polar surface area (TPSA) is 85.1 Å². The molecule has 6 heteroatoms. The summed E-state index contributed by atoms with van der Waals surface area (Å²) in [7, 11) is 0. The lowest BCUT2D eigenvalue weighted by Gasteiger charge is -2.06. The SMILES string of the molecule is NC(=O)c1cccc(CNC(=O)c2ccc(F)nc2)c1.